The lowest BCUT2D eigenvalue weighted by molar-refractivity contribution is -0.137. The molecule has 0 aliphatic rings. The third kappa shape index (κ3) is 3.84. The molecule has 8 heteroatoms. The number of aryl methyl sites for hydroxylation is 1. The fraction of sp³-hybridized carbons (Fsp3) is 0.455. The quantitative estimate of drug-likeness (QED) is 0.893. The van der Waals surface area contributed by atoms with Crippen LogP contribution in [0.3, 0.4) is 0 Å². The van der Waals surface area contributed by atoms with E-state index in [9.17, 15) is 21.6 Å². The Hall–Kier alpha value is -1.28. The standard InChI is InChI=1S/C11H15F3N2O2S/c1-7-3-4-9(11(12,13)14)5-10(7)16-19(17,18)8(2)6-15/h3-5,8,16H,6,15H2,1-2H3. The molecule has 108 valence electrons. The Balaban J connectivity index is 3.15. The molecule has 3 N–H and O–H groups in total. The number of nitrogens with two attached hydrogens (primary N) is 1. The maximum absolute atomic E-state index is 12.6. The van der Waals surface area contributed by atoms with Crippen molar-refractivity contribution in [1.29, 1.82) is 0 Å². The molecular formula is C11H15F3N2O2S. The average Bonchev–Trinajstić information content (AvgIpc) is 2.29. The first-order valence-electron chi connectivity index (χ1n) is 5.47. The summed E-state index contributed by atoms with van der Waals surface area (Å²) in [6, 6.07) is 2.89. The zero-order chi connectivity index (χ0) is 14.8. The van der Waals surface area contributed by atoms with Crippen LogP contribution in [0.1, 0.15) is 18.1 Å². The highest BCUT2D eigenvalue weighted by atomic mass is 32.2. The lowest BCUT2D eigenvalue weighted by atomic mass is 10.1. The van der Waals surface area contributed by atoms with Crippen molar-refractivity contribution in [3.63, 3.8) is 0 Å². The summed E-state index contributed by atoms with van der Waals surface area (Å²) in [7, 11) is -3.79. The van der Waals surface area contributed by atoms with Gasteiger partial charge in [0.05, 0.1) is 16.5 Å². The predicted molar refractivity (Wildman–Crippen MR) is 67.2 cm³/mol. The molecule has 4 nitrogen and oxygen atoms in total. The highest BCUT2D eigenvalue weighted by molar-refractivity contribution is 7.93. The van der Waals surface area contributed by atoms with Gasteiger partial charge in [0.15, 0.2) is 0 Å². The van der Waals surface area contributed by atoms with Gasteiger partial charge >= 0.3 is 6.18 Å². The minimum absolute atomic E-state index is 0.0878. The van der Waals surface area contributed by atoms with Gasteiger partial charge < -0.3 is 5.73 Å². The number of alkyl halides is 3. The Morgan fingerprint density at radius 2 is 1.95 bits per heavy atom. The molecule has 0 spiro atoms. The van der Waals surface area contributed by atoms with Crippen LogP contribution >= 0.6 is 0 Å². The molecule has 19 heavy (non-hydrogen) atoms. The molecule has 0 bridgehead atoms. The zero-order valence-corrected chi connectivity index (χ0v) is 11.3. The van der Waals surface area contributed by atoms with Crippen LogP contribution in [0.4, 0.5) is 18.9 Å². The van der Waals surface area contributed by atoms with E-state index in [4.69, 9.17) is 5.73 Å². The molecule has 1 unspecified atom stereocenters. The fourth-order valence-electron chi connectivity index (χ4n) is 1.29. The van der Waals surface area contributed by atoms with Gasteiger partial charge in [-0.3, -0.25) is 4.72 Å². The van der Waals surface area contributed by atoms with E-state index in [-0.39, 0.29) is 12.2 Å². The van der Waals surface area contributed by atoms with Gasteiger partial charge in [0.25, 0.3) is 0 Å². The largest absolute Gasteiger partial charge is 0.416 e. The van der Waals surface area contributed by atoms with Gasteiger partial charge in [-0.1, -0.05) is 6.07 Å². The summed E-state index contributed by atoms with van der Waals surface area (Å²) in [4.78, 5) is 0. The summed E-state index contributed by atoms with van der Waals surface area (Å²) in [5.74, 6) is 0. The first-order valence-corrected chi connectivity index (χ1v) is 7.02. The summed E-state index contributed by atoms with van der Waals surface area (Å²) in [5.41, 5.74) is 4.66. The van der Waals surface area contributed by atoms with E-state index in [0.29, 0.717) is 5.56 Å². The van der Waals surface area contributed by atoms with E-state index < -0.39 is 27.0 Å². The van der Waals surface area contributed by atoms with Crippen LogP contribution in [-0.2, 0) is 16.2 Å². The highest BCUT2D eigenvalue weighted by Gasteiger charge is 2.31. The van der Waals surface area contributed by atoms with Crippen LogP contribution < -0.4 is 10.5 Å². The van der Waals surface area contributed by atoms with Gasteiger partial charge in [0.2, 0.25) is 10.0 Å². The summed E-state index contributed by atoms with van der Waals surface area (Å²) in [5, 5.41) is -0.888. The number of benzene rings is 1. The second-order valence-electron chi connectivity index (χ2n) is 4.22. The van der Waals surface area contributed by atoms with Gasteiger partial charge in [-0.25, -0.2) is 8.42 Å². The molecule has 0 fully saturated rings. The van der Waals surface area contributed by atoms with Crippen molar-refractivity contribution in [1.82, 2.24) is 0 Å². The normalized spacial score (nSPS) is 14.2. The lowest BCUT2D eigenvalue weighted by Crippen LogP contribution is -2.32. The van der Waals surface area contributed by atoms with Crippen molar-refractivity contribution < 1.29 is 21.6 Å². The smallest absolute Gasteiger partial charge is 0.329 e. The SMILES string of the molecule is Cc1ccc(C(F)(F)F)cc1NS(=O)(=O)C(C)CN. The maximum atomic E-state index is 12.6. The van der Waals surface area contributed by atoms with E-state index in [1.807, 2.05) is 0 Å². The number of rotatable bonds is 4. The van der Waals surface area contributed by atoms with Gasteiger partial charge in [0, 0.05) is 6.54 Å². The molecule has 1 atom stereocenters. The summed E-state index contributed by atoms with van der Waals surface area (Å²) in [6.07, 6.45) is -4.52. The van der Waals surface area contributed by atoms with E-state index >= 15 is 0 Å². The number of anilines is 1. The van der Waals surface area contributed by atoms with E-state index in [2.05, 4.69) is 4.72 Å². The first kappa shape index (κ1) is 15.8. The van der Waals surface area contributed by atoms with Crippen LogP contribution in [0.15, 0.2) is 18.2 Å². The lowest BCUT2D eigenvalue weighted by Gasteiger charge is -2.16. The number of nitrogens with one attached hydrogen (secondary N) is 1. The molecular weight excluding hydrogens is 281 g/mol. The molecule has 0 aliphatic carbocycles. The fourth-order valence-corrected chi connectivity index (χ4v) is 2.27. The molecule has 0 saturated carbocycles. The minimum Gasteiger partial charge on any atom is -0.329 e. The van der Waals surface area contributed by atoms with Crippen LogP contribution in [0, 0.1) is 6.92 Å². The van der Waals surface area contributed by atoms with Crippen LogP contribution in [-0.4, -0.2) is 20.2 Å². The molecule has 0 heterocycles. The molecule has 0 saturated heterocycles. The van der Waals surface area contributed by atoms with Crippen molar-refractivity contribution in [3.05, 3.63) is 29.3 Å². The Morgan fingerprint density at radius 3 is 2.42 bits per heavy atom. The van der Waals surface area contributed by atoms with Crippen LogP contribution in [0.2, 0.25) is 0 Å². The Labute approximate surface area is 109 Å². The molecule has 1 aromatic carbocycles. The topological polar surface area (TPSA) is 72.2 Å². The molecule has 0 amide bonds. The van der Waals surface area contributed by atoms with Gasteiger partial charge in [0.1, 0.15) is 0 Å². The molecule has 1 aromatic rings. The van der Waals surface area contributed by atoms with Crippen molar-refractivity contribution in [2.24, 2.45) is 5.73 Å². The summed E-state index contributed by atoms with van der Waals surface area (Å²) >= 11 is 0. The predicted octanol–water partition coefficient (Wildman–Crippen LogP) is 2.10. The van der Waals surface area contributed by atoms with E-state index in [1.54, 1.807) is 0 Å². The van der Waals surface area contributed by atoms with Crippen LogP contribution in [0.5, 0.6) is 0 Å². The van der Waals surface area contributed by atoms with E-state index in [1.165, 1.54) is 19.9 Å². The van der Waals surface area contributed by atoms with Crippen molar-refractivity contribution in [2.75, 3.05) is 11.3 Å². The van der Waals surface area contributed by atoms with Crippen LogP contribution in [0.25, 0.3) is 0 Å². The number of halogens is 3. The molecule has 1 rings (SSSR count). The Kier molecular flexibility index (Phi) is 4.46. The Bertz CT molecular complexity index is 556. The molecule has 0 aromatic heterocycles. The first-order chi connectivity index (χ1) is 8.58. The van der Waals surface area contributed by atoms with Crippen molar-refractivity contribution in [2.45, 2.75) is 25.3 Å². The second-order valence-corrected chi connectivity index (χ2v) is 6.32. The number of hydrogen-bond acceptors (Lipinski definition) is 3. The third-order valence-electron chi connectivity index (χ3n) is 2.68. The highest BCUT2D eigenvalue weighted by Crippen LogP contribution is 2.32. The monoisotopic (exact) mass is 296 g/mol. The van der Waals surface area contributed by atoms with Gasteiger partial charge in [-0.15, -0.1) is 0 Å². The number of hydrogen-bond donors (Lipinski definition) is 2. The summed E-state index contributed by atoms with van der Waals surface area (Å²) < 4.78 is 63.4. The molecule has 0 radical (unpaired) electrons. The minimum atomic E-state index is -4.52. The number of sulfonamides is 1. The third-order valence-corrected chi connectivity index (χ3v) is 4.44. The molecule has 0 aliphatic heterocycles. The second kappa shape index (κ2) is 5.38. The zero-order valence-electron chi connectivity index (χ0n) is 10.5. The Morgan fingerprint density at radius 1 is 1.37 bits per heavy atom. The maximum Gasteiger partial charge on any atom is 0.416 e. The average molecular weight is 296 g/mol. The van der Waals surface area contributed by atoms with E-state index in [0.717, 1.165) is 12.1 Å². The van der Waals surface area contributed by atoms with Gasteiger partial charge in [-0.2, -0.15) is 13.2 Å². The van der Waals surface area contributed by atoms with Crippen molar-refractivity contribution >= 4 is 15.7 Å². The summed E-state index contributed by atoms with van der Waals surface area (Å²) in [6.45, 7) is 2.78. The van der Waals surface area contributed by atoms with Crippen molar-refractivity contribution in [3.8, 4) is 0 Å². The van der Waals surface area contributed by atoms with Gasteiger partial charge in [-0.05, 0) is 31.5 Å².